The summed E-state index contributed by atoms with van der Waals surface area (Å²) < 4.78 is 2.10. The lowest BCUT2D eigenvalue weighted by Crippen LogP contribution is -2.54. The highest BCUT2D eigenvalue weighted by Gasteiger charge is 2.46. The van der Waals surface area contributed by atoms with E-state index in [1.54, 1.807) is 12.4 Å². The van der Waals surface area contributed by atoms with Gasteiger partial charge < -0.3 is 25.0 Å². The van der Waals surface area contributed by atoms with Crippen molar-refractivity contribution in [2.75, 3.05) is 60.9 Å². The van der Waals surface area contributed by atoms with Gasteiger partial charge in [0.15, 0.2) is 17.0 Å². The fourth-order valence-corrected chi connectivity index (χ4v) is 10.2. The van der Waals surface area contributed by atoms with Gasteiger partial charge in [0.05, 0.1) is 29.6 Å². The first kappa shape index (κ1) is 41.3. The number of fused-ring (bicyclic) bond motifs is 2. The van der Waals surface area contributed by atoms with Crippen molar-refractivity contribution < 1.29 is 24.0 Å². The number of piperidine rings is 2. The Hall–Kier alpha value is -6.68. The molecule has 5 aromatic rings. The Morgan fingerprint density at radius 1 is 0.781 bits per heavy atom. The van der Waals surface area contributed by atoms with Gasteiger partial charge in [0, 0.05) is 69.1 Å². The molecule has 6 heterocycles. The summed E-state index contributed by atoms with van der Waals surface area (Å²) in [5, 5.41) is 8.90. The number of amides is 5. The van der Waals surface area contributed by atoms with E-state index in [0.29, 0.717) is 29.3 Å². The Morgan fingerprint density at radius 3 is 2.33 bits per heavy atom. The van der Waals surface area contributed by atoms with Crippen LogP contribution in [0.15, 0.2) is 85.5 Å². The predicted molar refractivity (Wildman–Crippen MR) is 241 cm³/mol. The molecule has 0 bridgehead atoms. The molecule has 16 heteroatoms. The van der Waals surface area contributed by atoms with Gasteiger partial charge in [-0.15, -0.1) is 0 Å². The first-order valence-electron chi connectivity index (χ1n) is 22.7. The highest BCUT2D eigenvalue weighted by Crippen LogP contribution is 2.38. The van der Waals surface area contributed by atoms with Crippen molar-refractivity contribution in [2.24, 2.45) is 5.92 Å². The lowest BCUT2D eigenvalue weighted by Gasteiger charge is -2.37. The summed E-state index contributed by atoms with van der Waals surface area (Å²) in [6.45, 7) is 6.66. The summed E-state index contributed by atoms with van der Waals surface area (Å²) in [7, 11) is 0. The molecule has 1 unspecified atom stereocenters. The molecular formula is C48H53N11O5. The van der Waals surface area contributed by atoms with Crippen LogP contribution in [-0.2, 0) is 20.8 Å². The highest BCUT2D eigenvalue weighted by atomic mass is 16.2. The van der Waals surface area contributed by atoms with Crippen LogP contribution in [0.2, 0.25) is 0 Å². The van der Waals surface area contributed by atoms with Crippen LogP contribution >= 0.6 is 0 Å². The van der Waals surface area contributed by atoms with Gasteiger partial charge in [-0.2, -0.15) is 0 Å². The Balaban J connectivity index is 0.653. The van der Waals surface area contributed by atoms with Crippen LogP contribution in [0.3, 0.4) is 0 Å². The third-order valence-electron chi connectivity index (χ3n) is 13.8. The maximum absolute atomic E-state index is 13.6. The summed E-state index contributed by atoms with van der Waals surface area (Å²) >= 11 is 0. The van der Waals surface area contributed by atoms with Crippen LogP contribution in [0.1, 0.15) is 83.7 Å². The van der Waals surface area contributed by atoms with E-state index >= 15 is 0 Å². The standard InChI is InChI=1S/C48H53N11O5/c60-40-16-15-39(46(62)54-40)59-47(63)37-9-4-10-38(42(37)48(59)64)57-20-17-31(18-21-57)8-5-19-55-22-24-56(25-23-55)35-13-11-33(12-14-35)53-44-43-45(50-29-49-44)58(30-51-43)36-27-34(28-36)52-41(61)26-32-6-2-1-3-7-32/h1-4,6-7,9-14,29-31,34,36,39H,5,8,15-28H2,(H,52,61)(H,49,50,53)(H,54,60,62). The van der Waals surface area contributed by atoms with Gasteiger partial charge in [-0.25, -0.2) is 15.0 Å². The van der Waals surface area contributed by atoms with Crippen molar-refractivity contribution in [1.82, 2.24) is 40.0 Å². The maximum atomic E-state index is 13.6. The van der Waals surface area contributed by atoms with Gasteiger partial charge in [-0.05, 0) is 99.4 Å². The van der Waals surface area contributed by atoms with E-state index in [-0.39, 0.29) is 36.7 Å². The second-order valence-corrected chi connectivity index (χ2v) is 17.8. The number of rotatable bonds is 13. The number of imide groups is 2. The van der Waals surface area contributed by atoms with Crippen LogP contribution in [0.4, 0.5) is 22.9 Å². The molecule has 0 radical (unpaired) electrons. The van der Waals surface area contributed by atoms with E-state index in [9.17, 15) is 24.0 Å². The molecule has 1 aliphatic carbocycles. The van der Waals surface area contributed by atoms with E-state index < -0.39 is 23.8 Å². The molecule has 64 heavy (non-hydrogen) atoms. The van der Waals surface area contributed by atoms with Crippen molar-refractivity contribution >= 4 is 63.6 Å². The molecule has 0 spiro atoms. The number of anilines is 4. The van der Waals surface area contributed by atoms with Crippen LogP contribution < -0.4 is 25.8 Å². The molecule has 330 valence electrons. The van der Waals surface area contributed by atoms with Gasteiger partial charge in [-0.3, -0.25) is 39.1 Å². The van der Waals surface area contributed by atoms with Crippen molar-refractivity contribution in [3.63, 3.8) is 0 Å². The molecule has 4 fully saturated rings. The van der Waals surface area contributed by atoms with Crippen molar-refractivity contribution in [3.05, 3.63) is 102 Å². The molecule has 10 rings (SSSR count). The molecule has 5 amide bonds. The predicted octanol–water partition coefficient (Wildman–Crippen LogP) is 4.85. The quantitative estimate of drug-likeness (QED) is 0.137. The maximum Gasteiger partial charge on any atom is 0.264 e. The SMILES string of the molecule is O=C1CCC(N2C(=O)c3cccc(N4CCC(CCCN5CCN(c6ccc(Nc7ncnc8c7ncn8C7CC(NC(=O)Cc8ccccc8)C7)cc6)CC5)CC4)c3C2=O)C(=O)N1. The average molecular weight is 864 g/mol. The third kappa shape index (κ3) is 8.41. The number of hydrogen-bond acceptors (Lipinski definition) is 12. The van der Waals surface area contributed by atoms with Gasteiger partial charge >= 0.3 is 0 Å². The van der Waals surface area contributed by atoms with Gasteiger partial charge in [0.1, 0.15) is 12.4 Å². The fourth-order valence-electron chi connectivity index (χ4n) is 10.2. The number of aromatic nitrogens is 4. The first-order valence-corrected chi connectivity index (χ1v) is 22.7. The van der Waals surface area contributed by atoms with Crippen LogP contribution in [0, 0.1) is 5.92 Å². The largest absolute Gasteiger partial charge is 0.371 e. The van der Waals surface area contributed by atoms with Crippen LogP contribution in [0.5, 0.6) is 0 Å². The Bertz CT molecular complexity index is 2560. The zero-order valence-corrected chi connectivity index (χ0v) is 35.8. The zero-order chi connectivity index (χ0) is 43.7. The van der Waals surface area contributed by atoms with Crippen LogP contribution in [-0.4, -0.2) is 117 Å². The first-order chi connectivity index (χ1) is 31.3. The fraction of sp³-hybridized carbons (Fsp3) is 0.417. The monoisotopic (exact) mass is 863 g/mol. The summed E-state index contributed by atoms with van der Waals surface area (Å²) in [5.74, 6) is -0.573. The lowest BCUT2D eigenvalue weighted by molar-refractivity contribution is -0.136. The molecule has 3 saturated heterocycles. The molecule has 5 aliphatic rings. The van der Waals surface area contributed by atoms with E-state index in [2.05, 4.69) is 74.4 Å². The van der Waals surface area contributed by atoms with Crippen molar-refractivity contribution in [2.45, 2.75) is 75.9 Å². The smallest absolute Gasteiger partial charge is 0.264 e. The van der Waals surface area contributed by atoms with E-state index in [1.165, 1.54) is 5.69 Å². The van der Waals surface area contributed by atoms with E-state index in [4.69, 9.17) is 0 Å². The molecule has 4 aliphatic heterocycles. The topological polar surface area (TPSA) is 178 Å². The molecular weight excluding hydrogens is 811 g/mol. The number of carbonyl (C=O) groups is 5. The van der Waals surface area contributed by atoms with Gasteiger partial charge in [0.25, 0.3) is 11.8 Å². The summed E-state index contributed by atoms with van der Waals surface area (Å²) in [6.07, 6.45) is 10.0. The number of carbonyl (C=O) groups excluding carboxylic acids is 5. The van der Waals surface area contributed by atoms with Crippen LogP contribution in [0.25, 0.3) is 11.2 Å². The van der Waals surface area contributed by atoms with Crippen molar-refractivity contribution in [1.29, 1.82) is 0 Å². The minimum atomic E-state index is -0.967. The normalized spacial score (nSPS) is 21.8. The molecule has 1 atom stereocenters. The Labute approximate surface area is 371 Å². The Morgan fingerprint density at radius 2 is 1.56 bits per heavy atom. The van der Waals surface area contributed by atoms with Crippen molar-refractivity contribution in [3.8, 4) is 0 Å². The minimum Gasteiger partial charge on any atom is -0.371 e. The summed E-state index contributed by atoms with van der Waals surface area (Å²) in [4.78, 5) is 85.9. The number of nitrogens with one attached hydrogen (secondary N) is 3. The average Bonchev–Trinajstić information content (AvgIpc) is 3.84. The van der Waals surface area contributed by atoms with Gasteiger partial charge in [-0.1, -0.05) is 36.4 Å². The molecule has 2 aromatic heterocycles. The van der Waals surface area contributed by atoms with Gasteiger partial charge in [0.2, 0.25) is 17.7 Å². The summed E-state index contributed by atoms with van der Waals surface area (Å²) in [6, 6.07) is 23.1. The molecule has 16 nitrogen and oxygen atoms in total. The number of hydrogen-bond donors (Lipinski definition) is 3. The third-order valence-corrected chi connectivity index (χ3v) is 13.8. The second-order valence-electron chi connectivity index (χ2n) is 17.8. The lowest BCUT2D eigenvalue weighted by atomic mass is 9.86. The molecule has 3 N–H and O–H groups in total. The molecule has 3 aromatic carbocycles. The number of nitrogens with zero attached hydrogens (tertiary/aromatic N) is 8. The zero-order valence-electron chi connectivity index (χ0n) is 35.8. The highest BCUT2D eigenvalue weighted by molar-refractivity contribution is 6.25. The van der Waals surface area contributed by atoms with E-state index in [1.807, 2.05) is 48.8 Å². The molecule has 1 saturated carbocycles. The number of imidazole rings is 1. The number of benzene rings is 3. The number of piperazine rings is 1. The minimum absolute atomic E-state index is 0.0469. The Kier molecular flexibility index (Phi) is 11.5. The second kappa shape index (κ2) is 17.8. The summed E-state index contributed by atoms with van der Waals surface area (Å²) in [5.41, 5.74) is 6.10. The van der Waals surface area contributed by atoms with E-state index in [0.717, 1.165) is 117 Å².